The minimum Gasteiger partial charge on any atom is -0.475 e. The minimum absolute atomic E-state index is 0.137. The summed E-state index contributed by atoms with van der Waals surface area (Å²) in [6, 6.07) is 5.06. The third-order valence-electron chi connectivity index (χ3n) is 1.35. The molecule has 66 valence electrons. The maximum absolute atomic E-state index is 10.7. The first kappa shape index (κ1) is 9.42. The molecule has 1 N–H and O–H groups in total. The molecule has 0 spiro atoms. The van der Waals surface area contributed by atoms with Crippen LogP contribution in [-0.4, -0.2) is 16.9 Å². The zero-order valence-corrected chi connectivity index (χ0v) is 7.30. The van der Waals surface area contributed by atoms with Gasteiger partial charge in [-0.3, -0.25) is 4.79 Å². The molecule has 0 bridgehead atoms. The van der Waals surface area contributed by atoms with Crippen LogP contribution in [0.5, 0.6) is 0 Å². The summed E-state index contributed by atoms with van der Waals surface area (Å²) >= 11 is 1.13. The number of carbonyl (C=O) groups is 2. The summed E-state index contributed by atoms with van der Waals surface area (Å²) in [7, 11) is 0. The summed E-state index contributed by atoms with van der Waals surface area (Å²) in [4.78, 5) is 22.0. The van der Waals surface area contributed by atoms with Crippen molar-refractivity contribution in [2.75, 3.05) is 0 Å². The number of hydrogen-bond donors (Lipinski definition) is 1. The Morgan fingerprint density at radius 2 is 2.23 bits per heavy atom. The van der Waals surface area contributed by atoms with Crippen LogP contribution in [0.4, 0.5) is 0 Å². The Labute approximate surface area is 78.0 Å². The Morgan fingerprint density at radius 1 is 1.54 bits per heavy atom. The molecule has 0 saturated heterocycles. The van der Waals surface area contributed by atoms with Gasteiger partial charge < -0.3 is 5.11 Å². The van der Waals surface area contributed by atoms with Crippen molar-refractivity contribution in [3.63, 3.8) is 0 Å². The van der Waals surface area contributed by atoms with E-state index in [0.29, 0.717) is 9.75 Å². The molecule has 0 radical (unpaired) electrons. The van der Waals surface area contributed by atoms with E-state index in [1.165, 1.54) is 0 Å². The number of carboxylic acid groups (broad SMARTS) is 1. The van der Waals surface area contributed by atoms with Crippen LogP contribution in [-0.2, 0) is 16.0 Å². The lowest BCUT2D eigenvalue weighted by Crippen LogP contribution is -2.14. The normalized spacial score (nSPS) is 9.15. The molecule has 0 atom stereocenters. The lowest BCUT2D eigenvalue weighted by atomic mass is 10.2. The van der Waals surface area contributed by atoms with Gasteiger partial charge in [0.05, 0.1) is 6.42 Å². The Morgan fingerprint density at radius 3 is 2.69 bits per heavy atom. The summed E-state index contributed by atoms with van der Waals surface area (Å²) in [5.41, 5.74) is 0. The first-order valence-electron chi connectivity index (χ1n) is 3.38. The van der Waals surface area contributed by atoms with Crippen LogP contribution in [0.2, 0.25) is 0 Å². The summed E-state index contributed by atoms with van der Waals surface area (Å²) < 4.78 is 0. The summed E-state index contributed by atoms with van der Waals surface area (Å²) in [6.07, 6.45) is -0.137. The summed E-state index contributed by atoms with van der Waals surface area (Å²) in [5.74, 6) is -2.29. The van der Waals surface area contributed by atoms with Crippen molar-refractivity contribution in [2.24, 2.45) is 0 Å². The van der Waals surface area contributed by atoms with E-state index in [0.717, 1.165) is 11.3 Å². The first-order chi connectivity index (χ1) is 6.13. The van der Waals surface area contributed by atoms with Gasteiger partial charge in [-0.1, -0.05) is 0 Å². The molecule has 1 aromatic rings. The van der Waals surface area contributed by atoms with Crippen molar-refractivity contribution in [1.82, 2.24) is 0 Å². The fourth-order valence-electron chi connectivity index (χ4n) is 0.767. The minimum atomic E-state index is -1.44. The van der Waals surface area contributed by atoms with Gasteiger partial charge in [0.1, 0.15) is 10.9 Å². The number of hydrogen-bond acceptors (Lipinski definition) is 4. The van der Waals surface area contributed by atoms with Gasteiger partial charge in [-0.15, -0.1) is 11.3 Å². The van der Waals surface area contributed by atoms with Gasteiger partial charge in [-0.2, -0.15) is 5.26 Å². The summed E-state index contributed by atoms with van der Waals surface area (Å²) in [6.45, 7) is 0. The van der Waals surface area contributed by atoms with Crippen LogP contribution < -0.4 is 0 Å². The zero-order chi connectivity index (χ0) is 9.84. The molecule has 4 nitrogen and oxygen atoms in total. The molecule has 5 heteroatoms. The van der Waals surface area contributed by atoms with E-state index >= 15 is 0 Å². The summed E-state index contributed by atoms with van der Waals surface area (Å²) in [5, 5.41) is 16.8. The largest absolute Gasteiger partial charge is 0.475 e. The van der Waals surface area contributed by atoms with E-state index < -0.39 is 11.8 Å². The van der Waals surface area contributed by atoms with Crippen molar-refractivity contribution >= 4 is 23.1 Å². The highest BCUT2D eigenvalue weighted by molar-refractivity contribution is 7.12. The predicted molar refractivity (Wildman–Crippen MR) is 45.4 cm³/mol. The van der Waals surface area contributed by atoms with Crippen LogP contribution in [0.3, 0.4) is 0 Å². The fraction of sp³-hybridized carbons (Fsp3) is 0.125. The van der Waals surface area contributed by atoms with Crippen LogP contribution in [0.1, 0.15) is 9.75 Å². The second kappa shape index (κ2) is 3.83. The number of carboxylic acids is 1. The lowest BCUT2D eigenvalue weighted by molar-refractivity contribution is -0.148. The molecular formula is C8H5NO3S. The highest BCUT2D eigenvalue weighted by Crippen LogP contribution is 2.15. The maximum atomic E-state index is 10.7. The molecule has 1 rings (SSSR count). The van der Waals surface area contributed by atoms with E-state index in [4.69, 9.17) is 10.4 Å². The third-order valence-corrected chi connectivity index (χ3v) is 2.34. The van der Waals surface area contributed by atoms with Gasteiger partial charge in [0.25, 0.3) is 0 Å². The molecule has 1 heterocycles. The highest BCUT2D eigenvalue weighted by Gasteiger charge is 2.13. The second-order valence-corrected chi connectivity index (χ2v) is 3.45. The highest BCUT2D eigenvalue weighted by atomic mass is 32.1. The predicted octanol–water partition coefficient (Wildman–Crippen LogP) is 0.816. The Hall–Kier alpha value is -1.67. The number of rotatable bonds is 3. The van der Waals surface area contributed by atoms with Gasteiger partial charge in [0, 0.05) is 4.88 Å². The number of carbonyl (C=O) groups excluding carboxylic acids is 1. The van der Waals surface area contributed by atoms with E-state index in [-0.39, 0.29) is 6.42 Å². The average molecular weight is 195 g/mol. The van der Waals surface area contributed by atoms with Crippen molar-refractivity contribution in [1.29, 1.82) is 5.26 Å². The molecule has 0 unspecified atom stereocenters. The molecule has 0 aromatic carbocycles. The van der Waals surface area contributed by atoms with E-state index in [2.05, 4.69) is 0 Å². The lowest BCUT2D eigenvalue weighted by Gasteiger charge is -1.89. The number of nitriles is 1. The van der Waals surface area contributed by atoms with Crippen molar-refractivity contribution < 1.29 is 14.7 Å². The van der Waals surface area contributed by atoms with Gasteiger partial charge in [0.15, 0.2) is 0 Å². The molecular weight excluding hydrogens is 190 g/mol. The number of nitrogens with zero attached hydrogens (tertiary/aromatic N) is 1. The first-order valence-corrected chi connectivity index (χ1v) is 4.20. The van der Waals surface area contributed by atoms with Crippen LogP contribution >= 0.6 is 11.3 Å². The molecule has 0 aliphatic heterocycles. The zero-order valence-electron chi connectivity index (χ0n) is 6.48. The van der Waals surface area contributed by atoms with Crippen LogP contribution in [0, 0.1) is 11.3 Å². The Bertz CT molecular complexity index is 388. The van der Waals surface area contributed by atoms with Crippen LogP contribution in [0.15, 0.2) is 12.1 Å². The fourth-order valence-corrected chi connectivity index (χ4v) is 1.57. The number of Topliss-reactive ketones (excluding diaryl/α,β-unsaturated/α-hetero) is 1. The molecule has 0 saturated carbocycles. The third kappa shape index (κ3) is 2.39. The molecule has 1 aromatic heterocycles. The van der Waals surface area contributed by atoms with Crippen LogP contribution in [0.25, 0.3) is 0 Å². The van der Waals surface area contributed by atoms with Gasteiger partial charge in [-0.25, -0.2) is 4.79 Å². The SMILES string of the molecule is N#Cc1ccc(CC(=O)C(=O)O)s1. The van der Waals surface area contributed by atoms with E-state index in [1.807, 2.05) is 6.07 Å². The topological polar surface area (TPSA) is 78.2 Å². The monoisotopic (exact) mass is 195 g/mol. The van der Waals surface area contributed by atoms with Gasteiger partial charge >= 0.3 is 5.97 Å². The molecule has 0 fully saturated rings. The number of aliphatic carboxylic acids is 1. The molecule has 0 aliphatic carbocycles. The van der Waals surface area contributed by atoms with Crippen molar-refractivity contribution in [3.05, 3.63) is 21.9 Å². The van der Waals surface area contributed by atoms with Crippen molar-refractivity contribution in [3.8, 4) is 6.07 Å². The molecule has 13 heavy (non-hydrogen) atoms. The van der Waals surface area contributed by atoms with E-state index in [9.17, 15) is 9.59 Å². The maximum Gasteiger partial charge on any atom is 0.372 e. The molecule has 0 amide bonds. The number of thiophene rings is 1. The van der Waals surface area contributed by atoms with Gasteiger partial charge in [-0.05, 0) is 12.1 Å². The molecule has 0 aliphatic rings. The average Bonchev–Trinajstić information content (AvgIpc) is 2.52. The number of ketones is 1. The Kier molecular flexibility index (Phi) is 2.77. The van der Waals surface area contributed by atoms with Gasteiger partial charge in [0.2, 0.25) is 5.78 Å². The van der Waals surface area contributed by atoms with Crippen molar-refractivity contribution in [2.45, 2.75) is 6.42 Å². The quantitative estimate of drug-likeness (QED) is 0.724. The standard InChI is InChI=1S/C8H5NO3S/c9-4-6-2-1-5(13-6)3-7(10)8(11)12/h1-2H,3H2,(H,11,12). The second-order valence-electron chi connectivity index (χ2n) is 2.28. The smallest absolute Gasteiger partial charge is 0.372 e. The Balaban J connectivity index is 2.71. The van der Waals surface area contributed by atoms with E-state index in [1.54, 1.807) is 12.1 Å².